The number of likely N-dealkylation sites (N-methyl/N-ethyl adjacent to an activating group) is 1. The van der Waals surface area contributed by atoms with Gasteiger partial charge in [-0.2, -0.15) is 0 Å². The van der Waals surface area contributed by atoms with Gasteiger partial charge in [-0.3, -0.25) is 0 Å². The van der Waals surface area contributed by atoms with Gasteiger partial charge < -0.3 is 19.9 Å². The number of hydrogen-bond acceptors (Lipinski definition) is 4. The SMILES string of the molecule is CCCNCC1(CN2CCC(N(C)C)C2)CCOCC1. The standard InChI is InChI=1S/C16H33N3O/c1-4-8-17-13-16(6-10-20-11-7-16)14-19-9-5-15(12-19)18(2)3/h15,17H,4-14H2,1-3H3. The fourth-order valence-corrected chi connectivity index (χ4v) is 3.58. The van der Waals surface area contributed by atoms with Crippen molar-refractivity contribution in [3.8, 4) is 0 Å². The molecule has 0 aromatic heterocycles. The molecular weight excluding hydrogens is 250 g/mol. The van der Waals surface area contributed by atoms with E-state index in [1.165, 1.54) is 45.3 Å². The second kappa shape index (κ2) is 7.74. The van der Waals surface area contributed by atoms with Crippen molar-refractivity contribution in [1.29, 1.82) is 0 Å². The number of nitrogens with zero attached hydrogens (tertiary/aromatic N) is 2. The zero-order chi connectivity index (χ0) is 14.4. The molecule has 0 aliphatic carbocycles. The summed E-state index contributed by atoms with van der Waals surface area (Å²) in [6, 6.07) is 0.746. The van der Waals surface area contributed by atoms with Crippen LogP contribution in [0.1, 0.15) is 32.6 Å². The molecule has 4 heteroatoms. The first kappa shape index (κ1) is 16.2. The van der Waals surface area contributed by atoms with Crippen LogP contribution in [0.3, 0.4) is 0 Å². The van der Waals surface area contributed by atoms with E-state index >= 15 is 0 Å². The van der Waals surface area contributed by atoms with Gasteiger partial charge in [0.1, 0.15) is 0 Å². The van der Waals surface area contributed by atoms with Gasteiger partial charge in [-0.15, -0.1) is 0 Å². The quantitative estimate of drug-likeness (QED) is 0.715. The highest BCUT2D eigenvalue weighted by Crippen LogP contribution is 2.32. The summed E-state index contributed by atoms with van der Waals surface area (Å²) in [5.74, 6) is 0. The number of likely N-dealkylation sites (tertiary alicyclic amines) is 1. The molecule has 0 radical (unpaired) electrons. The fourth-order valence-electron chi connectivity index (χ4n) is 3.58. The first-order valence-electron chi connectivity index (χ1n) is 8.32. The Morgan fingerprint density at radius 2 is 2.05 bits per heavy atom. The van der Waals surface area contributed by atoms with Crippen LogP contribution < -0.4 is 5.32 Å². The zero-order valence-electron chi connectivity index (χ0n) is 13.7. The summed E-state index contributed by atoms with van der Waals surface area (Å²) in [6.07, 6.45) is 4.97. The molecule has 2 rings (SSSR count). The summed E-state index contributed by atoms with van der Waals surface area (Å²) >= 11 is 0. The van der Waals surface area contributed by atoms with E-state index < -0.39 is 0 Å². The van der Waals surface area contributed by atoms with E-state index in [-0.39, 0.29) is 0 Å². The van der Waals surface area contributed by atoms with Crippen LogP contribution in [0.25, 0.3) is 0 Å². The van der Waals surface area contributed by atoms with Gasteiger partial charge in [-0.25, -0.2) is 0 Å². The minimum absolute atomic E-state index is 0.439. The van der Waals surface area contributed by atoms with Gasteiger partial charge in [0.2, 0.25) is 0 Å². The summed E-state index contributed by atoms with van der Waals surface area (Å²) in [7, 11) is 4.42. The molecule has 20 heavy (non-hydrogen) atoms. The van der Waals surface area contributed by atoms with Crippen LogP contribution in [0, 0.1) is 5.41 Å². The molecule has 0 aromatic rings. The lowest BCUT2D eigenvalue weighted by molar-refractivity contribution is -0.00156. The molecule has 0 amide bonds. The van der Waals surface area contributed by atoms with Gasteiger partial charge in [-0.1, -0.05) is 6.92 Å². The van der Waals surface area contributed by atoms with Crippen LogP contribution in [-0.2, 0) is 4.74 Å². The number of ether oxygens (including phenoxy) is 1. The van der Waals surface area contributed by atoms with E-state index in [1.54, 1.807) is 0 Å². The average Bonchev–Trinajstić information content (AvgIpc) is 2.88. The van der Waals surface area contributed by atoms with Crippen LogP contribution in [0.4, 0.5) is 0 Å². The normalized spacial score (nSPS) is 27.3. The van der Waals surface area contributed by atoms with Gasteiger partial charge in [0.25, 0.3) is 0 Å². The highest BCUT2D eigenvalue weighted by atomic mass is 16.5. The molecule has 118 valence electrons. The lowest BCUT2D eigenvalue weighted by Gasteiger charge is -2.40. The van der Waals surface area contributed by atoms with Crippen molar-refractivity contribution >= 4 is 0 Å². The second-order valence-corrected chi connectivity index (χ2v) is 6.93. The Morgan fingerprint density at radius 1 is 1.30 bits per heavy atom. The van der Waals surface area contributed by atoms with Crippen molar-refractivity contribution in [3.63, 3.8) is 0 Å². The molecule has 2 aliphatic heterocycles. The molecule has 4 nitrogen and oxygen atoms in total. The minimum atomic E-state index is 0.439. The minimum Gasteiger partial charge on any atom is -0.381 e. The monoisotopic (exact) mass is 283 g/mol. The highest BCUT2D eigenvalue weighted by Gasteiger charge is 2.36. The lowest BCUT2D eigenvalue weighted by atomic mass is 9.79. The Bertz CT molecular complexity index is 277. The van der Waals surface area contributed by atoms with Crippen molar-refractivity contribution in [2.45, 2.75) is 38.6 Å². The summed E-state index contributed by atoms with van der Waals surface area (Å²) in [4.78, 5) is 5.07. The van der Waals surface area contributed by atoms with E-state index in [0.717, 1.165) is 32.3 Å². The van der Waals surface area contributed by atoms with Crippen LogP contribution in [0.15, 0.2) is 0 Å². The Balaban J connectivity index is 1.87. The van der Waals surface area contributed by atoms with Gasteiger partial charge in [-0.05, 0) is 58.3 Å². The average molecular weight is 283 g/mol. The van der Waals surface area contributed by atoms with Crippen LogP contribution >= 0.6 is 0 Å². The molecule has 1 atom stereocenters. The largest absolute Gasteiger partial charge is 0.381 e. The number of nitrogens with one attached hydrogen (secondary N) is 1. The number of rotatable bonds is 7. The molecule has 2 fully saturated rings. The van der Waals surface area contributed by atoms with Crippen molar-refractivity contribution in [3.05, 3.63) is 0 Å². The molecule has 2 saturated heterocycles. The topological polar surface area (TPSA) is 27.7 Å². The molecular formula is C16H33N3O. The van der Waals surface area contributed by atoms with Gasteiger partial charge >= 0.3 is 0 Å². The number of hydrogen-bond donors (Lipinski definition) is 1. The van der Waals surface area contributed by atoms with Crippen LogP contribution in [0.5, 0.6) is 0 Å². The molecule has 0 bridgehead atoms. The van der Waals surface area contributed by atoms with E-state index in [4.69, 9.17) is 4.74 Å². The maximum Gasteiger partial charge on any atom is 0.0472 e. The smallest absolute Gasteiger partial charge is 0.0472 e. The van der Waals surface area contributed by atoms with Gasteiger partial charge in [0, 0.05) is 38.9 Å². The van der Waals surface area contributed by atoms with Crippen molar-refractivity contribution in [2.75, 3.05) is 60.0 Å². The van der Waals surface area contributed by atoms with E-state index in [2.05, 4.69) is 36.1 Å². The van der Waals surface area contributed by atoms with Crippen LogP contribution in [0.2, 0.25) is 0 Å². The first-order chi connectivity index (χ1) is 9.65. The molecule has 2 aliphatic rings. The molecule has 0 aromatic carbocycles. The summed E-state index contributed by atoms with van der Waals surface area (Å²) in [5, 5.41) is 3.66. The van der Waals surface area contributed by atoms with E-state index in [0.29, 0.717) is 5.41 Å². The third kappa shape index (κ3) is 4.42. The molecule has 0 spiro atoms. The first-order valence-corrected chi connectivity index (χ1v) is 8.32. The van der Waals surface area contributed by atoms with Gasteiger partial charge in [0.15, 0.2) is 0 Å². The summed E-state index contributed by atoms with van der Waals surface area (Å²) in [5.41, 5.74) is 0.439. The van der Waals surface area contributed by atoms with Crippen molar-refractivity contribution < 1.29 is 4.74 Å². The van der Waals surface area contributed by atoms with Crippen molar-refractivity contribution in [1.82, 2.24) is 15.1 Å². The van der Waals surface area contributed by atoms with Crippen LogP contribution in [-0.4, -0.2) is 75.9 Å². The Kier molecular flexibility index (Phi) is 6.27. The molecule has 1 N–H and O–H groups in total. The predicted molar refractivity (Wildman–Crippen MR) is 84.2 cm³/mol. The fraction of sp³-hybridized carbons (Fsp3) is 1.00. The molecule has 2 heterocycles. The second-order valence-electron chi connectivity index (χ2n) is 6.93. The van der Waals surface area contributed by atoms with Crippen molar-refractivity contribution in [2.24, 2.45) is 5.41 Å². The summed E-state index contributed by atoms with van der Waals surface area (Å²) in [6.45, 7) is 10.2. The van der Waals surface area contributed by atoms with E-state index in [1.807, 2.05) is 0 Å². The molecule has 0 saturated carbocycles. The highest BCUT2D eigenvalue weighted by molar-refractivity contribution is 4.91. The third-order valence-electron chi connectivity index (χ3n) is 5.02. The van der Waals surface area contributed by atoms with Gasteiger partial charge in [0.05, 0.1) is 0 Å². The Hall–Kier alpha value is -0.160. The predicted octanol–water partition coefficient (Wildman–Crippen LogP) is 1.42. The zero-order valence-corrected chi connectivity index (χ0v) is 13.7. The summed E-state index contributed by atoms with van der Waals surface area (Å²) < 4.78 is 5.60. The lowest BCUT2D eigenvalue weighted by Crippen LogP contribution is -2.47. The van der Waals surface area contributed by atoms with E-state index in [9.17, 15) is 0 Å². The Morgan fingerprint density at radius 3 is 2.65 bits per heavy atom. The third-order valence-corrected chi connectivity index (χ3v) is 5.02. The maximum atomic E-state index is 5.60. The maximum absolute atomic E-state index is 5.60. The molecule has 1 unspecified atom stereocenters. The Labute approximate surface area is 124 Å².